The van der Waals surface area contributed by atoms with Crippen molar-refractivity contribution in [2.45, 2.75) is 36.8 Å². The third-order valence-electron chi connectivity index (χ3n) is 6.29. The molecule has 2 fully saturated rings. The van der Waals surface area contributed by atoms with Gasteiger partial charge in [0.15, 0.2) is 0 Å². The number of carbonyl (C=O) groups excluding carboxylic acids is 2. The lowest BCUT2D eigenvalue weighted by Crippen LogP contribution is -2.63. The van der Waals surface area contributed by atoms with E-state index in [0.717, 1.165) is 24.1 Å². The van der Waals surface area contributed by atoms with Crippen molar-refractivity contribution >= 4 is 17.5 Å². The highest BCUT2D eigenvalue weighted by Gasteiger charge is 2.54. The van der Waals surface area contributed by atoms with Gasteiger partial charge in [-0.2, -0.15) is 0 Å². The molecule has 3 aliphatic rings. The fourth-order valence-electron chi connectivity index (χ4n) is 4.52. The van der Waals surface area contributed by atoms with Gasteiger partial charge in [0.2, 0.25) is 5.91 Å². The number of benzene rings is 2. The Hall–Kier alpha value is -2.82. The number of anilines is 1. The van der Waals surface area contributed by atoms with Crippen LogP contribution in [0.2, 0.25) is 0 Å². The van der Waals surface area contributed by atoms with Gasteiger partial charge in [0.25, 0.3) is 5.91 Å². The van der Waals surface area contributed by atoms with E-state index in [1.54, 1.807) is 0 Å². The van der Waals surface area contributed by atoms with Gasteiger partial charge in [0.05, 0.1) is 11.0 Å². The minimum Gasteiger partial charge on any atom is -0.362 e. The molecule has 2 N–H and O–H groups in total. The molecule has 1 saturated heterocycles. The van der Waals surface area contributed by atoms with Gasteiger partial charge < -0.3 is 15.5 Å². The Balaban J connectivity index is 1.31. The maximum Gasteiger partial charge on any atom is 0.255 e. The predicted molar refractivity (Wildman–Crippen MR) is 103 cm³/mol. The second-order valence-corrected chi connectivity index (χ2v) is 7.95. The summed E-state index contributed by atoms with van der Waals surface area (Å²) in [6.45, 7) is 1.31. The van der Waals surface area contributed by atoms with Crippen LogP contribution in [0.4, 0.5) is 5.69 Å². The summed E-state index contributed by atoms with van der Waals surface area (Å²) in [5.41, 5.74) is 1.92. The summed E-state index contributed by atoms with van der Waals surface area (Å²) >= 11 is 0. The molecule has 2 heterocycles. The number of para-hydroxylation sites is 1. The van der Waals surface area contributed by atoms with E-state index in [0.29, 0.717) is 31.5 Å². The van der Waals surface area contributed by atoms with Crippen LogP contribution in [-0.2, 0) is 10.2 Å². The molecule has 0 radical (unpaired) electrons. The molecule has 27 heavy (non-hydrogen) atoms. The SMILES string of the molecule is O=C1NC2(CCN(C(=O)C3(c4ccccc4)CC3)CC2)Nc2ccccc21. The van der Waals surface area contributed by atoms with Crippen molar-refractivity contribution in [2.75, 3.05) is 18.4 Å². The zero-order chi connectivity index (χ0) is 18.5. The number of hydrogen-bond donors (Lipinski definition) is 2. The number of piperidine rings is 1. The van der Waals surface area contributed by atoms with Crippen molar-refractivity contribution in [1.82, 2.24) is 10.2 Å². The molecule has 0 aromatic heterocycles. The molecule has 5 heteroatoms. The normalized spacial score (nSPS) is 21.8. The zero-order valence-electron chi connectivity index (χ0n) is 15.2. The molecular formula is C22H23N3O2. The molecular weight excluding hydrogens is 338 g/mol. The number of rotatable bonds is 2. The van der Waals surface area contributed by atoms with Crippen molar-refractivity contribution in [3.63, 3.8) is 0 Å². The molecule has 1 saturated carbocycles. The summed E-state index contributed by atoms with van der Waals surface area (Å²) < 4.78 is 0. The summed E-state index contributed by atoms with van der Waals surface area (Å²) in [5, 5.41) is 6.66. The molecule has 0 unspecified atom stereocenters. The second kappa shape index (κ2) is 5.84. The van der Waals surface area contributed by atoms with Crippen molar-refractivity contribution < 1.29 is 9.59 Å². The van der Waals surface area contributed by atoms with E-state index in [-0.39, 0.29) is 17.2 Å². The van der Waals surface area contributed by atoms with Crippen LogP contribution in [0.25, 0.3) is 0 Å². The van der Waals surface area contributed by atoms with Gasteiger partial charge >= 0.3 is 0 Å². The van der Waals surface area contributed by atoms with E-state index >= 15 is 0 Å². The third kappa shape index (κ3) is 2.60. The van der Waals surface area contributed by atoms with Gasteiger partial charge in [0, 0.05) is 31.6 Å². The van der Waals surface area contributed by atoms with Gasteiger partial charge in [-0.25, -0.2) is 0 Å². The first-order valence-electron chi connectivity index (χ1n) is 9.67. The Morgan fingerprint density at radius 3 is 2.22 bits per heavy atom. The predicted octanol–water partition coefficient (Wildman–Crippen LogP) is 2.89. The summed E-state index contributed by atoms with van der Waals surface area (Å²) in [4.78, 5) is 27.7. The van der Waals surface area contributed by atoms with Crippen LogP contribution in [0, 0.1) is 0 Å². The highest BCUT2D eigenvalue weighted by atomic mass is 16.2. The van der Waals surface area contributed by atoms with Gasteiger partial charge in [-0.05, 0) is 30.5 Å². The number of likely N-dealkylation sites (tertiary alicyclic amines) is 1. The van der Waals surface area contributed by atoms with E-state index in [1.807, 2.05) is 47.4 Å². The number of nitrogens with zero attached hydrogens (tertiary/aromatic N) is 1. The van der Waals surface area contributed by atoms with Gasteiger partial charge in [0.1, 0.15) is 5.66 Å². The molecule has 5 rings (SSSR count). The summed E-state index contributed by atoms with van der Waals surface area (Å²) in [5.74, 6) is 0.207. The van der Waals surface area contributed by atoms with Crippen molar-refractivity contribution in [3.8, 4) is 0 Å². The Bertz CT molecular complexity index is 897. The van der Waals surface area contributed by atoms with E-state index in [2.05, 4.69) is 22.8 Å². The minimum absolute atomic E-state index is 0.0351. The number of fused-ring (bicyclic) bond motifs is 1. The van der Waals surface area contributed by atoms with Gasteiger partial charge in [-0.15, -0.1) is 0 Å². The lowest BCUT2D eigenvalue weighted by atomic mass is 9.89. The van der Waals surface area contributed by atoms with E-state index in [1.165, 1.54) is 0 Å². The van der Waals surface area contributed by atoms with Crippen LogP contribution < -0.4 is 10.6 Å². The van der Waals surface area contributed by atoms with Crippen LogP contribution in [0.1, 0.15) is 41.6 Å². The molecule has 2 aromatic carbocycles. The smallest absolute Gasteiger partial charge is 0.255 e. The Labute approximate surface area is 158 Å². The zero-order valence-corrected chi connectivity index (χ0v) is 15.2. The van der Waals surface area contributed by atoms with Crippen LogP contribution in [0.15, 0.2) is 54.6 Å². The molecule has 2 aromatic rings. The number of carbonyl (C=O) groups is 2. The van der Waals surface area contributed by atoms with Crippen LogP contribution in [0.5, 0.6) is 0 Å². The average Bonchev–Trinajstić information content (AvgIpc) is 3.51. The van der Waals surface area contributed by atoms with Crippen LogP contribution in [-0.4, -0.2) is 35.5 Å². The summed E-state index contributed by atoms with van der Waals surface area (Å²) in [7, 11) is 0. The van der Waals surface area contributed by atoms with E-state index in [9.17, 15) is 9.59 Å². The molecule has 2 aliphatic heterocycles. The summed E-state index contributed by atoms with van der Waals surface area (Å²) in [6, 6.07) is 17.7. The van der Waals surface area contributed by atoms with Crippen molar-refractivity contribution in [3.05, 3.63) is 65.7 Å². The standard InChI is InChI=1S/C22H23N3O2/c26-19-17-8-4-5-9-18(17)23-22(24-19)12-14-25(15-13-22)20(27)21(10-11-21)16-6-2-1-3-7-16/h1-9,23H,10-15H2,(H,24,26). The minimum atomic E-state index is -0.453. The lowest BCUT2D eigenvalue weighted by molar-refractivity contribution is -0.135. The molecule has 0 atom stereocenters. The highest BCUT2D eigenvalue weighted by Crippen LogP contribution is 2.50. The molecule has 5 nitrogen and oxygen atoms in total. The van der Waals surface area contributed by atoms with Crippen LogP contribution in [0.3, 0.4) is 0 Å². The number of nitrogens with one attached hydrogen (secondary N) is 2. The average molecular weight is 361 g/mol. The van der Waals surface area contributed by atoms with Crippen molar-refractivity contribution in [2.24, 2.45) is 0 Å². The lowest BCUT2D eigenvalue weighted by Gasteiger charge is -2.46. The Morgan fingerprint density at radius 1 is 0.852 bits per heavy atom. The maximum atomic E-state index is 13.2. The van der Waals surface area contributed by atoms with E-state index in [4.69, 9.17) is 0 Å². The number of hydrogen-bond acceptors (Lipinski definition) is 3. The second-order valence-electron chi connectivity index (χ2n) is 7.95. The summed E-state index contributed by atoms with van der Waals surface area (Å²) in [6.07, 6.45) is 3.28. The maximum absolute atomic E-state index is 13.2. The van der Waals surface area contributed by atoms with Crippen molar-refractivity contribution in [1.29, 1.82) is 0 Å². The first-order valence-corrected chi connectivity index (χ1v) is 9.67. The van der Waals surface area contributed by atoms with E-state index < -0.39 is 5.66 Å². The largest absolute Gasteiger partial charge is 0.362 e. The monoisotopic (exact) mass is 361 g/mol. The highest BCUT2D eigenvalue weighted by molar-refractivity contribution is 6.02. The number of amides is 2. The first kappa shape index (κ1) is 16.4. The fraction of sp³-hybridized carbons (Fsp3) is 0.364. The molecule has 1 spiro atoms. The Morgan fingerprint density at radius 2 is 1.52 bits per heavy atom. The van der Waals surface area contributed by atoms with Gasteiger partial charge in [-0.1, -0.05) is 42.5 Å². The van der Waals surface area contributed by atoms with Crippen LogP contribution >= 0.6 is 0 Å². The van der Waals surface area contributed by atoms with Gasteiger partial charge in [-0.3, -0.25) is 9.59 Å². The first-order chi connectivity index (χ1) is 13.1. The topological polar surface area (TPSA) is 61.4 Å². The third-order valence-corrected chi connectivity index (χ3v) is 6.29. The quantitative estimate of drug-likeness (QED) is 0.865. The molecule has 138 valence electrons. The fourth-order valence-corrected chi connectivity index (χ4v) is 4.52. The molecule has 2 amide bonds. The molecule has 1 aliphatic carbocycles. The molecule has 0 bridgehead atoms. The Kier molecular flexibility index (Phi) is 3.54.